The number of amidine groups is 1. The van der Waals surface area contributed by atoms with Gasteiger partial charge in [0.25, 0.3) is 17.9 Å². The molecule has 13 heteroatoms. The fourth-order valence-corrected chi connectivity index (χ4v) is 6.05. The van der Waals surface area contributed by atoms with Gasteiger partial charge in [0, 0.05) is 51.0 Å². The minimum Gasteiger partial charge on any atom is -0.384 e. The van der Waals surface area contributed by atoms with Crippen LogP contribution in [0, 0.1) is 5.41 Å². The zero-order chi connectivity index (χ0) is 30.3. The number of carbonyl (C=O) groups excluding carboxylic acids is 3. The molecule has 2 aliphatic rings. The van der Waals surface area contributed by atoms with E-state index in [4.69, 9.17) is 11.1 Å². The number of likely N-dealkylation sites (tertiary alicyclic amines) is 1. The van der Waals surface area contributed by atoms with Crippen molar-refractivity contribution in [1.29, 1.82) is 5.41 Å². The summed E-state index contributed by atoms with van der Waals surface area (Å²) in [5.41, 5.74) is 5.75. The van der Waals surface area contributed by atoms with Gasteiger partial charge in [-0.2, -0.15) is 17.6 Å². The number of halogens is 4. The molecule has 1 aliphatic carbocycles. The van der Waals surface area contributed by atoms with Crippen LogP contribution >= 0.6 is 11.3 Å². The maximum absolute atomic E-state index is 14.8. The maximum atomic E-state index is 14.8. The maximum Gasteiger partial charge on any atom is 0.299 e. The Balaban J connectivity index is 1.27. The van der Waals surface area contributed by atoms with Gasteiger partial charge >= 0.3 is 0 Å². The van der Waals surface area contributed by atoms with Gasteiger partial charge in [0.05, 0.1) is 12.6 Å². The Labute approximate surface area is 241 Å². The van der Waals surface area contributed by atoms with Crippen LogP contribution in [-0.2, 0) is 15.5 Å². The number of thiophene rings is 1. The number of nitrogens with one attached hydrogen (secondary N) is 3. The summed E-state index contributed by atoms with van der Waals surface area (Å²) in [4.78, 5) is 40.7. The Kier molecular flexibility index (Phi) is 7.62. The van der Waals surface area contributed by atoms with Gasteiger partial charge in [0.2, 0.25) is 11.8 Å². The number of nitrogens with two attached hydrogens (primary N) is 1. The fraction of sp³-hybridized carbons (Fsp3) is 0.241. The Hall–Kier alpha value is -4.52. The second kappa shape index (κ2) is 11.0. The number of hydrogen-bond donors (Lipinski definition) is 4. The first-order valence-electron chi connectivity index (χ1n) is 12.8. The molecule has 8 nitrogen and oxygen atoms in total. The number of fused-ring (bicyclic) bond motifs is 3. The van der Waals surface area contributed by atoms with E-state index in [0.29, 0.717) is 16.0 Å². The lowest BCUT2D eigenvalue weighted by Gasteiger charge is -2.25. The van der Waals surface area contributed by atoms with Crippen LogP contribution in [0.25, 0.3) is 11.1 Å². The monoisotopic (exact) mass is 599 g/mol. The van der Waals surface area contributed by atoms with Crippen molar-refractivity contribution >= 4 is 34.9 Å². The van der Waals surface area contributed by atoms with Gasteiger partial charge in [-0.05, 0) is 36.2 Å². The third-order valence-corrected chi connectivity index (χ3v) is 8.47. The summed E-state index contributed by atoms with van der Waals surface area (Å²) >= 11 is 1.26. The van der Waals surface area contributed by atoms with E-state index in [-0.39, 0.29) is 40.1 Å². The molecule has 1 aromatic heterocycles. The summed E-state index contributed by atoms with van der Waals surface area (Å²) in [7, 11) is 0. The highest BCUT2D eigenvalue weighted by molar-refractivity contribution is 7.10. The van der Waals surface area contributed by atoms with Crippen LogP contribution < -0.4 is 16.4 Å². The molecular weight excluding hydrogens is 574 g/mol. The lowest BCUT2D eigenvalue weighted by atomic mass is 10.0. The van der Waals surface area contributed by atoms with E-state index in [1.807, 2.05) is 0 Å². The molecule has 0 spiro atoms. The normalized spacial score (nSPS) is 17.3. The molecule has 0 radical (unpaired) electrons. The highest BCUT2D eigenvalue weighted by Crippen LogP contribution is 2.50. The molecular formula is C29H25F4N5O3S. The molecule has 0 bridgehead atoms. The smallest absolute Gasteiger partial charge is 0.299 e. The van der Waals surface area contributed by atoms with Crippen molar-refractivity contribution in [3.63, 3.8) is 0 Å². The van der Waals surface area contributed by atoms with Gasteiger partial charge in [-0.3, -0.25) is 19.8 Å². The quantitative estimate of drug-likeness (QED) is 0.181. The number of rotatable bonds is 7. The zero-order valence-electron chi connectivity index (χ0n) is 22.1. The average molecular weight is 600 g/mol. The Bertz CT molecular complexity index is 1650. The molecule has 218 valence electrons. The minimum absolute atomic E-state index is 0.0369. The topological polar surface area (TPSA) is 128 Å². The Morgan fingerprint density at radius 3 is 2.50 bits per heavy atom. The number of hydrogen-bond acceptors (Lipinski definition) is 5. The van der Waals surface area contributed by atoms with E-state index in [2.05, 4.69) is 10.6 Å². The second-order valence-electron chi connectivity index (χ2n) is 10.1. The van der Waals surface area contributed by atoms with Gasteiger partial charge in [-0.1, -0.05) is 30.3 Å². The van der Waals surface area contributed by atoms with E-state index in [9.17, 15) is 31.9 Å². The molecule has 2 heterocycles. The summed E-state index contributed by atoms with van der Waals surface area (Å²) < 4.78 is 56.6. The van der Waals surface area contributed by atoms with Crippen molar-refractivity contribution in [2.75, 3.05) is 13.1 Å². The molecule has 3 amide bonds. The molecule has 1 fully saturated rings. The molecule has 1 saturated heterocycles. The molecule has 0 saturated carbocycles. The summed E-state index contributed by atoms with van der Waals surface area (Å²) in [6.45, 7) is 0.587. The van der Waals surface area contributed by atoms with Crippen LogP contribution in [0.4, 0.5) is 17.6 Å². The highest BCUT2D eigenvalue weighted by Gasteiger charge is 2.44. The Morgan fingerprint density at radius 1 is 1.10 bits per heavy atom. The molecule has 2 aromatic carbocycles. The highest BCUT2D eigenvalue weighted by atomic mass is 32.1. The lowest BCUT2D eigenvalue weighted by molar-refractivity contribution is -0.137. The van der Waals surface area contributed by atoms with E-state index in [0.717, 1.165) is 4.90 Å². The van der Waals surface area contributed by atoms with Gasteiger partial charge in [-0.25, -0.2) is 0 Å². The fourth-order valence-electron chi connectivity index (χ4n) is 5.14. The van der Waals surface area contributed by atoms with E-state index in [1.165, 1.54) is 47.7 Å². The number of nitrogen functional groups attached to an aromatic ring is 1. The average Bonchev–Trinajstić information content (AvgIpc) is 3.68. The van der Waals surface area contributed by atoms with Crippen LogP contribution in [0.15, 0.2) is 65.6 Å². The van der Waals surface area contributed by atoms with Crippen molar-refractivity contribution in [3.05, 3.63) is 92.7 Å². The molecule has 2 atom stereocenters. The SMILES string of the molecule is CC(NC(=O)[C@@H]1CC(=C(F)F)CN1C(=O)CNC(=O)c1ccc2c(c1)-c1ccccc1C2(F)F)c1cc(C(=N)N)cs1. The number of amides is 3. The molecule has 5 N–H and O–H groups in total. The molecule has 3 aromatic rings. The van der Waals surface area contributed by atoms with Crippen molar-refractivity contribution < 1.29 is 31.9 Å². The van der Waals surface area contributed by atoms with E-state index < -0.39 is 54.9 Å². The summed E-state index contributed by atoms with van der Waals surface area (Å²) in [5.74, 6) is -5.49. The van der Waals surface area contributed by atoms with Gasteiger partial charge in [0.15, 0.2) is 0 Å². The molecule has 1 aliphatic heterocycles. The number of benzene rings is 2. The number of carbonyl (C=O) groups is 3. The summed E-state index contributed by atoms with van der Waals surface area (Å²) in [6.07, 6.45) is -2.36. The predicted octanol–water partition coefficient (Wildman–Crippen LogP) is 4.51. The summed E-state index contributed by atoms with van der Waals surface area (Å²) in [6, 6.07) is 9.56. The predicted molar refractivity (Wildman–Crippen MR) is 148 cm³/mol. The number of alkyl halides is 2. The van der Waals surface area contributed by atoms with Gasteiger partial charge < -0.3 is 21.3 Å². The number of nitrogens with zero attached hydrogens (tertiary/aromatic N) is 1. The van der Waals surface area contributed by atoms with Crippen molar-refractivity contribution in [1.82, 2.24) is 15.5 Å². The Morgan fingerprint density at radius 2 is 1.81 bits per heavy atom. The second-order valence-corrected chi connectivity index (χ2v) is 11.0. The van der Waals surface area contributed by atoms with E-state index in [1.54, 1.807) is 24.4 Å². The zero-order valence-corrected chi connectivity index (χ0v) is 23.0. The lowest BCUT2D eigenvalue weighted by Crippen LogP contribution is -2.49. The van der Waals surface area contributed by atoms with Gasteiger partial charge in [0.1, 0.15) is 11.9 Å². The van der Waals surface area contributed by atoms with Crippen LogP contribution in [0.5, 0.6) is 0 Å². The van der Waals surface area contributed by atoms with Crippen molar-refractivity contribution in [2.24, 2.45) is 5.73 Å². The van der Waals surface area contributed by atoms with E-state index >= 15 is 0 Å². The van der Waals surface area contributed by atoms with Crippen molar-refractivity contribution in [3.8, 4) is 11.1 Å². The van der Waals surface area contributed by atoms with Crippen LogP contribution in [-0.4, -0.2) is 47.6 Å². The van der Waals surface area contributed by atoms with Crippen LogP contribution in [0.3, 0.4) is 0 Å². The third-order valence-electron chi connectivity index (χ3n) is 7.36. The molecule has 42 heavy (non-hydrogen) atoms. The minimum atomic E-state index is -3.21. The first-order valence-corrected chi connectivity index (χ1v) is 13.7. The first kappa shape index (κ1) is 29.0. The first-order chi connectivity index (χ1) is 19.9. The molecule has 5 rings (SSSR count). The summed E-state index contributed by atoms with van der Waals surface area (Å²) in [5, 5.41) is 14.3. The van der Waals surface area contributed by atoms with Crippen LogP contribution in [0.1, 0.15) is 51.3 Å². The third kappa shape index (κ3) is 5.27. The van der Waals surface area contributed by atoms with Crippen LogP contribution in [0.2, 0.25) is 0 Å². The van der Waals surface area contributed by atoms with Gasteiger partial charge in [-0.15, -0.1) is 11.3 Å². The van der Waals surface area contributed by atoms with Crippen molar-refractivity contribution in [2.45, 2.75) is 31.4 Å². The standard InChI is InChI=1S/C29H25F4N5O3S/c1-14(23-10-17(13-42-23)26(34)35)37-28(41)22-9-16(25(30)31)12-38(22)24(39)11-36-27(40)15-6-7-21-19(8-15)18-4-2-3-5-20(18)29(21,32)33/h2-8,10,13-14,22H,9,11-12H2,1H3,(H3,34,35)(H,36,40)(H,37,41)/t14?,22-/m0/s1. The largest absolute Gasteiger partial charge is 0.384 e. The molecule has 1 unspecified atom stereocenters.